The summed E-state index contributed by atoms with van der Waals surface area (Å²) in [4.78, 5) is 19.0. The van der Waals surface area contributed by atoms with E-state index in [-0.39, 0.29) is 12.4 Å². The molecule has 1 fully saturated rings. The third-order valence-electron chi connectivity index (χ3n) is 4.19. The van der Waals surface area contributed by atoms with Crippen molar-refractivity contribution in [2.45, 2.75) is 25.3 Å². The molecule has 0 aliphatic carbocycles. The zero-order chi connectivity index (χ0) is 16.1. The predicted molar refractivity (Wildman–Crippen MR) is 99.1 cm³/mol. The number of ether oxygens (including phenoxy) is 1. The summed E-state index contributed by atoms with van der Waals surface area (Å²) in [5.74, 6) is 0.672. The Morgan fingerprint density at radius 2 is 2.04 bits per heavy atom. The lowest BCUT2D eigenvalue weighted by Gasteiger charge is -2.31. The van der Waals surface area contributed by atoms with Gasteiger partial charge in [0.1, 0.15) is 0 Å². The molecule has 1 N–H and O–H groups in total. The topological polar surface area (TPSA) is 54.5 Å². The molecule has 3 rings (SSSR count). The molecule has 1 aromatic carbocycles. The van der Waals surface area contributed by atoms with Crippen LogP contribution in [0.25, 0.3) is 0 Å². The molecule has 0 radical (unpaired) electrons. The van der Waals surface area contributed by atoms with Crippen LogP contribution in [0.3, 0.4) is 0 Å². The number of carbonyl (C=O) groups is 1. The third kappa shape index (κ3) is 4.93. The number of hydrogen-bond donors (Lipinski definition) is 1. The van der Waals surface area contributed by atoms with Gasteiger partial charge in [0.15, 0.2) is 5.13 Å². The first kappa shape index (κ1) is 18.7. The number of thiazole rings is 1. The number of methoxy groups -OCH3 is 1. The fourth-order valence-corrected chi connectivity index (χ4v) is 3.79. The monoisotopic (exact) mass is 367 g/mol. The highest BCUT2D eigenvalue weighted by molar-refractivity contribution is 7.15. The Kier molecular flexibility index (Phi) is 7.02. The molecule has 1 aliphatic heterocycles. The lowest BCUT2D eigenvalue weighted by atomic mass is 9.89. The molecule has 0 saturated carbocycles. The number of anilines is 1. The zero-order valence-electron chi connectivity index (χ0n) is 13.6. The van der Waals surface area contributed by atoms with Gasteiger partial charge >= 0.3 is 6.09 Å². The molecule has 7 heteroatoms. The maximum atomic E-state index is 11.2. The van der Waals surface area contributed by atoms with Crippen molar-refractivity contribution in [2.75, 3.05) is 25.5 Å². The van der Waals surface area contributed by atoms with E-state index in [0.717, 1.165) is 24.5 Å². The second kappa shape index (κ2) is 9.01. The zero-order valence-corrected chi connectivity index (χ0v) is 15.2. The van der Waals surface area contributed by atoms with Crippen LogP contribution in [0.2, 0.25) is 0 Å². The van der Waals surface area contributed by atoms with Crippen molar-refractivity contribution in [1.29, 1.82) is 0 Å². The van der Waals surface area contributed by atoms with Crippen molar-refractivity contribution < 1.29 is 9.53 Å². The Labute approximate surface area is 152 Å². The highest BCUT2D eigenvalue weighted by Crippen LogP contribution is 2.29. The molecule has 5 nitrogen and oxygen atoms in total. The van der Waals surface area contributed by atoms with E-state index in [2.05, 4.69) is 50.3 Å². The highest BCUT2D eigenvalue weighted by Gasteiger charge is 2.21. The molecule has 0 bridgehead atoms. The maximum Gasteiger partial charge on any atom is 0.413 e. The van der Waals surface area contributed by atoms with Crippen LogP contribution >= 0.6 is 23.7 Å². The molecule has 1 aromatic heterocycles. The molecule has 0 atom stereocenters. The highest BCUT2D eigenvalue weighted by atomic mass is 35.5. The molecular weight excluding hydrogens is 346 g/mol. The number of halogens is 1. The van der Waals surface area contributed by atoms with Crippen LogP contribution in [0, 0.1) is 0 Å². The van der Waals surface area contributed by atoms with Gasteiger partial charge in [0.25, 0.3) is 0 Å². The predicted octanol–water partition coefficient (Wildman–Crippen LogP) is 4.12. The molecule has 0 spiro atoms. The number of rotatable bonds is 4. The quantitative estimate of drug-likeness (QED) is 0.883. The average Bonchev–Trinajstić information content (AvgIpc) is 3.03. The van der Waals surface area contributed by atoms with E-state index in [0.29, 0.717) is 11.0 Å². The van der Waals surface area contributed by atoms with Crippen molar-refractivity contribution >= 4 is 35.0 Å². The van der Waals surface area contributed by atoms with Crippen LogP contribution in [-0.2, 0) is 11.3 Å². The molecular formula is C17H22ClN3O2S. The molecule has 2 heterocycles. The Morgan fingerprint density at radius 1 is 1.33 bits per heavy atom. The second-order valence-electron chi connectivity index (χ2n) is 5.71. The van der Waals surface area contributed by atoms with E-state index in [4.69, 9.17) is 0 Å². The van der Waals surface area contributed by atoms with Gasteiger partial charge in [-0.1, -0.05) is 30.3 Å². The van der Waals surface area contributed by atoms with Crippen molar-refractivity contribution in [3.05, 3.63) is 47.0 Å². The summed E-state index contributed by atoms with van der Waals surface area (Å²) in [7, 11) is 1.35. The number of likely N-dealkylation sites (tertiary alicyclic amines) is 1. The van der Waals surface area contributed by atoms with Crippen LogP contribution in [0.1, 0.15) is 29.2 Å². The maximum absolute atomic E-state index is 11.2. The van der Waals surface area contributed by atoms with E-state index in [1.807, 2.05) is 6.20 Å². The minimum absolute atomic E-state index is 0. The van der Waals surface area contributed by atoms with Crippen LogP contribution in [-0.4, -0.2) is 36.2 Å². The van der Waals surface area contributed by atoms with E-state index in [1.165, 1.54) is 36.9 Å². The molecule has 1 saturated heterocycles. The van der Waals surface area contributed by atoms with E-state index in [9.17, 15) is 4.79 Å². The summed E-state index contributed by atoms with van der Waals surface area (Å²) in [5.41, 5.74) is 1.45. The molecule has 24 heavy (non-hydrogen) atoms. The summed E-state index contributed by atoms with van der Waals surface area (Å²) >= 11 is 1.50. The smallest absolute Gasteiger partial charge is 0.413 e. The lowest BCUT2D eigenvalue weighted by molar-refractivity contribution is 0.187. The molecule has 130 valence electrons. The van der Waals surface area contributed by atoms with Gasteiger partial charge in [-0.2, -0.15) is 0 Å². The van der Waals surface area contributed by atoms with Crippen molar-refractivity contribution in [3.63, 3.8) is 0 Å². The number of nitrogens with zero attached hydrogens (tertiary/aromatic N) is 2. The summed E-state index contributed by atoms with van der Waals surface area (Å²) in [6.45, 7) is 3.08. The van der Waals surface area contributed by atoms with Crippen LogP contribution in [0.15, 0.2) is 36.5 Å². The second-order valence-corrected chi connectivity index (χ2v) is 6.82. The van der Waals surface area contributed by atoms with Gasteiger partial charge < -0.3 is 4.74 Å². The number of piperidine rings is 1. The summed E-state index contributed by atoms with van der Waals surface area (Å²) < 4.78 is 4.57. The Bertz CT molecular complexity index is 642. The Morgan fingerprint density at radius 3 is 2.71 bits per heavy atom. The van der Waals surface area contributed by atoms with Crippen LogP contribution in [0.4, 0.5) is 9.93 Å². The first-order chi connectivity index (χ1) is 11.2. The van der Waals surface area contributed by atoms with Gasteiger partial charge in [0.2, 0.25) is 0 Å². The standard InChI is InChI=1S/C17H21N3O2S.ClH/c1-22-17(21)19-16-18-11-15(23-16)12-20-9-7-14(8-10-20)13-5-3-2-4-6-13;/h2-6,11,14H,7-10,12H2,1H3,(H,18,19,21);1H. The molecule has 2 aromatic rings. The summed E-state index contributed by atoms with van der Waals surface area (Å²) in [6.07, 6.45) is 3.74. The Hall–Kier alpha value is -1.63. The minimum atomic E-state index is -0.477. The summed E-state index contributed by atoms with van der Waals surface area (Å²) in [5, 5.41) is 3.19. The Balaban J connectivity index is 0.00000208. The first-order valence-electron chi connectivity index (χ1n) is 7.81. The van der Waals surface area contributed by atoms with E-state index in [1.54, 1.807) is 0 Å². The normalized spacial score (nSPS) is 15.5. The minimum Gasteiger partial charge on any atom is -0.453 e. The van der Waals surface area contributed by atoms with Crippen LogP contribution < -0.4 is 5.32 Å². The van der Waals surface area contributed by atoms with Gasteiger partial charge in [-0.25, -0.2) is 9.78 Å². The lowest BCUT2D eigenvalue weighted by Crippen LogP contribution is -2.32. The SMILES string of the molecule is COC(=O)Nc1ncc(CN2CCC(c3ccccc3)CC2)s1.Cl. The fourth-order valence-electron chi connectivity index (χ4n) is 2.95. The number of amides is 1. The van der Waals surface area contributed by atoms with Gasteiger partial charge in [-0.05, 0) is 37.4 Å². The van der Waals surface area contributed by atoms with E-state index >= 15 is 0 Å². The van der Waals surface area contributed by atoms with Crippen LogP contribution in [0.5, 0.6) is 0 Å². The average molecular weight is 368 g/mol. The third-order valence-corrected chi connectivity index (χ3v) is 5.08. The molecule has 1 amide bonds. The number of hydrogen-bond acceptors (Lipinski definition) is 5. The number of carbonyl (C=O) groups excluding carboxylic acids is 1. The number of nitrogens with one attached hydrogen (secondary N) is 1. The first-order valence-corrected chi connectivity index (χ1v) is 8.63. The molecule has 1 aliphatic rings. The van der Waals surface area contributed by atoms with Gasteiger partial charge in [-0.15, -0.1) is 23.7 Å². The van der Waals surface area contributed by atoms with Crippen molar-refractivity contribution in [1.82, 2.24) is 9.88 Å². The van der Waals surface area contributed by atoms with Crippen molar-refractivity contribution in [2.24, 2.45) is 0 Å². The fraction of sp³-hybridized carbons (Fsp3) is 0.412. The van der Waals surface area contributed by atoms with E-state index < -0.39 is 6.09 Å². The van der Waals surface area contributed by atoms with Gasteiger partial charge in [0, 0.05) is 17.6 Å². The number of benzene rings is 1. The van der Waals surface area contributed by atoms with Gasteiger partial charge in [-0.3, -0.25) is 10.2 Å². The van der Waals surface area contributed by atoms with Gasteiger partial charge in [0.05, 0.1) is 7.11 Å². The molecule has 0 unspecified atom stereocenters. The number of aromatic nitrogens is 1. The largest absolute Gasteiger partial charge is 0.453 e. The summed E-state index contributed by atoms with van der Waals surface area (Å²) in [6, 6.07) is 10.8. The van der Waals surface area contributed by atoms with Crippen molar-refractivity contribution in [3.8, 4) is 0 Å².